The molecule has 1 aromatic carbocycles. The van der Waals surface area contributed by atoms with Gasteiger partial charge in [-0.25, -0.2) is 0 Å². The highest BCUT2D eigenvalue weighted by Crippen LogP contribution is 2.19. The third-order valence-corrected chi connectivity index (χ3v) is 3.92. The van der Waals surface area contributed by atoms with Gasteiger partial charge in [0.2, 0.25) is 11.8 Å². The van der Waals surface area contributed by atoms with Crippen molar-refractivity contribution in [1.29, 1.82) is 0 Å². The van der Waals surface area contributed by atoms with E-state index in [0.29, 0.717) is 6.42 Å². The molecule has 4 heteroatoms. The highest BCUT2D eigenvalue weighted by molar-refractivity contribution is 5.79. The zero-order valence-corrected chi connectivity index (χ0v) is 12.7. The number of carbonyl (C=O) groups is 2. The molecule has 1 aliphatic heterocycles. The minimum atomic E-state index is -0.237. The first kappa shape index (κ1) is 15.5. The Morgan fingerprint density at radius 1 is 1.10 bits per heavy atom. The molecule has 114 valence electrons. The van der Waals surface area contributed by atoms with Crippen molar-refractivity contribution in [3.05, 3.63) is 35.9 Å². The molecule has 0 unspecified atom stereocenters. The number of amides is 2. The molecule has 1 fully saturated rings. The molecule has 2 rings (SSSR count). The highest BCUT2D eigenvalue weighted by atomic mass is 16.2. The molecule has 0 radical (unpaired) electrons. The lowest BCUT2D eigenvalue weighted by Gasteiger charge is -2.24. The highest BCUT2D eigenvalue weighted by Gasteiger charge is 2.21. The molecule has 1 saturated heterocycles. The van der Waals surface area contributed by atoms with Crippen LogP contribution in [0.25, 0.3) is 0 Å². The van der Waals surface area contributed by atoms with E-state index in [-0.39, 0.29) is 17.9 Å². The number of likely N-dealkylation sites (tertiary alicyclic amines) is 1. The Bertz CT molecular complexity index is 465. The Morgan fingerprint density at radius 2 is 1.71 bits per heavy atom. The summed E-state index contributed by atoms with van der Waals surface area (Å²) in [6, 6.07) is 9.47. The van der Waals surface area contributed by atoms with Crippen LogP contribution in [0.1, 0.15) is 50.6 Å². The van der Waals surface area contributed by atoms with Crippen LogP contribution in [-0.2, 0) is 9.59 Å². The predicted octanol–water partition coefficient (Wildman–Crippen LogP) is 2.66. The topological polar surface area (TPSA) is 49.4 Å². The van der Waals surface area contributed by atoms with E-state index in [1.807, 2.05) is 35.2 Å². The largest absolute Gasteiger partial charge is 0.349 e. The summed E-state index contributed by atoms with van der Waals surface area (Å²) in [7, 11) is 0. The third kappa shape index (κ3) is 4.88. The van der Waals surface area contributed by atoms with Crippen molar-refractivity contribution in [2.75, 3.05) is 13.1 Å². The van der Waals surface area contributed by atoms with Crippen LogP contribution in [0, 0.1) is 0 Å². The van der Waals surface area contributed by atoms with Gasteiger partial charge in [0, 0.05) is 20.0 Å². The van der Waals surface area contributed by atoms with Crippen LogP contribution in [0.5, 0.6) is 0 Å². The molecular formula is C17H24N2O2. The van der Waals surface area contributed by atoms with E-state index in [4.69, 9.17) is 0 Å². The van der Waals surface area contributed by atoms with Gasteiger partial charge >= 0.3 is 0 Å². The second-order valence-corrected chi connectivity index (χ2v) is 5.66. The third-order valence-electron chi connectivity index (χ3n) is 3.92. The normalized spacial score (nSPS) is 16.9. The van der Waals surface area contributed by atoms with Gasteiger partial charge in [0.25, 0.3) is 0 Å². The summed E-state index contributed by atoms with van der Waals surface area (Å²) >= 11 is 0. The molecule has 0 aliphatic carbocycles. The first-order valence-corrected chi connectivity index (χ1v) is 7.76. The van der Waals surface area contributed by atoms with E-state index in [2.05, 4.69) is 5.32 Å². The first-order chi connectivity index (χ1) is 10.2. The maximum absolute atomic E-state index is 12.5. The van der Waals surface area contributed by atoms with Crippen LogP contribution in [0.4, 0.5) is 0 Å². The molecule has 1 atom stereocenters. The van der Waals surface area contributed by atoms with E-state index in [1.54, 1.807) is 0 Å². The van der Waals surface area contributed by atoms with E-state index < -0.39 is 0 Å². The Morgan fingerprint density at radius 3 is 2.29 bits per heavy atom. The average Bonchev–Trinajstić information content (AvgIpc) is 2.76. The summed E-state index contributed by atoms with van der Waals surface area (Å²) < 4.78 is 0. The second-order valence-electron chi connectivity index (χ2n) is 5.66. The number of rotatable bonds is 4. The van der Waals surface area contributed by atoms with Crippen molar-refractivity contribution < 1.29 is 9.59 Å². The molecule has 0 aromatic heterocycles. The van der Waals surface area contributed by atoms with Gasteiger partial charge in [-0.05, 0) is 18.4 Å². The van der Waals surface area contributed by atoms with Gasteiger partial charge in [0.05, 0.1) is 12.5 Å². The SMILES string of the molecule is CC(=O)N[C@H](CC(=O)N1CCCCCC1)c1ccccc1. The molecule has 0 saturated carbocycles. The molecule has 1 heterocycles. The predicted molar refractivity (Wildman–Crippen MR) is 82.7 cm³/mol. The Labute approximate surface area is 126 Å². The number of nitrogens with one attached hydrogen (secondary N) is 1. The van der Waals surface area contributed by atoms with Crippen LogP contribution in [-0.4, -0.2) is 29.8 Å². The summed E-state index contributed by atoms with van der Waals surface area (Å²) in [5.74, 6) is 0.0343. The fourth-order valence-electron chi connectivity index (χ4n) is 2.81. The molecule has 4 nitrogen and oxygen atoms in total. The molecule has 0 bridgehead atoms. The van der Waals surface area contributed by atoms with Crippen LogP contribution in [0.2, 0.25) is 0 Å². The molecular weight excluding hydrogens is 264 g/mol. The van der Waals surface area contributed by atoms with Crippen molar-refractivity contribution in [2.24, 2.45) is 0 Å². The first-order valence-electron chi connectivity index (χ1n) is 7.76. The summed E-state index contributed by atoms with van der Waals surface area (Å²) in [5.41, 5.74) is 0.982. The van der Waals surface area contributed by atoms with Crippen molar-refractivity contribution in [3.63, 3.8) is 0 Å². The Balaban J connectivity index is 2.03. The van der Waals surface area contributed by atoms with Crippen LogP contribution < -0.4 is 5.32 Å². The van der Waals surface area contributed by atoms with Gasteiger partial charge in [0.15, 0.2) is 0 Å². The minimum absolute atomic E-state index is 0.104. The Kier molecular flexibility index (Phi) is 5.78. The standard InChI is InChI=1S/C17H24N2O2/c1-14(20)18-16(15-9-5-4-6-10-15)13-17(21)19-11-7-2-3-8-12-19/h4-6,9-10,16H,2-3,7-8,11-13H2,1H3,(H,18,20)/t16-/m1/s1. The number of hydrogen-bond donors (Lipinski definition) is 1. The number of carbonyl (C=O) groups excluding carboxylic acids is 2. The maximum atomic E-state index is 12.5. The van der Waals surface area contributed by atoms with E-state index >= 15 is 0 Å². The summed E-state index contributed by atoms with van der Waals surface area (Å²) in [6.07, 6.45) is 4.92. The van der Waals surface area contributed by atoms with Crippen molar-refractivity contribution in [1.82, 2.24) is 10.2 Å². The molecule has 21 heavy (non-hydrogen) atoms. The molecule has 1 aromatic rings. The molecule has 0 spiro atoms. The number of benzene rings is 1. The van der Waals surface area contributed by atoms with Crippen molar-refractivity contribution in [2.45, 2.75) is 45.1 Å². The zero-order chi connectivity index (χ0) is 15.1. The number of nitrogens with zero attached hydrogens (tertiary/aromatic N) is 1. The molecule has 1 aliphatic rings. The molecule has 1 N–H and O–H groups in total. The van der Waals surface area contributed by atoms with Gasteiger partial charge in [-0.3, -0.25) is 9.59 Å². The monoisotopic (exact) mass is 288 g/mol. The summed E-state index contributed by atoms with van der Waals surface area (Å²) in [4.78, 5) is 25.8. The fourth-order valence-corrected chi connectivity index (χ4v) is 2.81. The quantitative estimate of drug-likeness (QED) is 0.926. The second kappa shape index (κ2) is 7.81. The molecule has 2 amide bonds. The smallest absolute Gasteiger partial charge is 0.224 e. The summed E-state index contributed by atoms with van der Waals surface area (Å²) in [5, 5.41) is 2.90. The van der Waals surface area contributed by atoms with Crippen molar-refractivity contribution in [3.8, 4) is 0 Å². The van der Waals surface area contributed by atoms with Gasteiger partial charge in [-0.2, -0.15) is 0 Å². The maximum Gasteiger partial charge on any atom is 0.224 e. The lowest BCUT2D eigenvalue weighted by molar-refractivity contribution is -0.132. The fraction of sp³-hybridized carbons (Fsp3) is 0.529. The number of hydrogen-bond acceptors (Lipinski definition) is 2. The summed E-state index contributed by atoms with van der Waals surface area (Å²) in [6.45, 7) is 3.19. The van der Waals surface area contributed by atoms with Crippen LogP contribution in [0.3, 0.4) is 0 Å². The van der Waals surface area contributed by atoms with Gasteiger partial charge < -0.3 is 10.2 Å². The average molecular weight is 288 g/mol. The van der Waals surface area contributed by atoms with E-state index in [0.717, 1.165) is 31.5 Å². The lowest BCUT2D eigenvalue weighted by Crippen LogP contribution is -2.36. The van der Waals surface area contributed by atoms with Crippen LogP contribution >= 0.6 is 0 Å². The van der Waals surface area contributed by atoms with Gasteiger partial charge in [-0.1, -0.05) is 43.2 Å². The van der Waals surface area contributed by atoms with Crippen molar-refractivity contribution >= 4 is 11.8 Å². The van der Waals surface area contributed by atoms with Gasteiger partial charge in [-0.15, -0.1) is 0 Å². The minimum Gasteiger partial charge on any atom is -0.349 e. The lowest BCUT2D eigenvalue weighted by atomic mass is 10.0. The van der Waals surface area contributed by atoms with Gasteiger partial charge in [0.1, 0.15) is 0 Å². The zero-order valence-electron chi connectivity index (χ0n) is 12.7. The van der Waals surface area contributed by atoms with E-state index in [9.17, 15) is 9.59 Å². The Hall–Kier alpha value is -1.84. The van der Waals surface area contributed by atoms with E-state index in [1.165, 1.54) is 19.8 Å². The van der Waals surface area contributed by atoms with Crippen LogP contribution in [0.15, 0.2) is 30.3 Å².